The van der Waals surface area contributed by atoms with E-state index in [9.17, 15) is 18.0 Å². The minimum Gasteiger partial charge on any atom is -0.444 e. The number of halogens is 2. The van der Waals surface area contributed by atoms with E-state index in [0.717, 1.165) is 0 Å². The van der Waals surface area contributed by atoms with Crippen LogP contribution in [0.1, 0.15) is 39.4 Å². The minimum atomic E-state index is -3.80. The second-order valence-electron chi connectivity index (χ2n) is 7.87. The van der Waals surface area contributed by atoms with Crippen molar-refractivity contribution in [1.29, 1.82) is 0 Å². The highest BCUT2D eigenvalue weighted by atomic mass is 35.5. The van der Waals surface area contributed by atoms with Gasteiger partial charge in [0.15, 0.2) is 0 Å². The molecule has 1 saturated heterocycles. The Morgan fingerprint density at radius 2 is 1.93 bits per heavy atom. The first kappa shape index (κ1) is 24.7. The zero-order chi connectivity index (χ0) is 22.7. The van der Waals surface area contributed by atoms with E-state index >= 15 is 0 Å². The summed E-state index contributed by atoms with van der Waals surface area (Å²) in [4.78, 5) is 26.8. The van der Waals surface area contributed by atoms with Crippen molar-refractivity contribution < 1.29 is 27.5 Å². The highest BCUT2D eigenvalue weighted by molar-refractivity contribution is 7.90. The third kappa shape index (κ3) is 6.73. The third-order valence-electron chi connectivity index (χ3n) is 4.34. The lowest BCUT2D eigenvalue weighted by atomic mass is 9.94. The van der Waals surface area contributed by atoms with E-state index in [-0.39, 0.29) is 30.5 Å². The van der Waals surface area contributed by atoms with Gasteiger partial charge in [0, 0.05) is 13.1 Å². The lowest BCUT2D eigenvalue weighted by Gasteiger charge is -2.29. The predicted octanol–water partition coefficient (Wildman–Crippen LogP) is 3.38. The van der Waals surface area contributed by atoms with Crippen LogP contribution in [0, 0.1) is 5.92 Å². The molecule has 0 aliphatic carbocycles. The molecular formula is C19H26Cl2N2O6S. The molecular weight excluding hydrogens is 455 g/mol. The first-order valence-electron chi connectivity index (χ1n) is 9.42. The fourth-order valence-electron chi connectivity index (χ4n) is 2.86. The van der Waals surface area contributed by atoms with E-state index in [1.807, 2.05) is 0 Å². The van der Waals surface area contributed by atoms with Crippen LogP contribution in [0.2, 0.25) is 10.0 Å². The number of hydrogen-bond donors (Lipinski definition) is 1. The molecule has 168 valence electrons. The van der Waals surface area contributed by atoms with Crippen LogP contribution in [-0.2, 0) is 24.3 Å². The Balaban J connectivity index is 2.38. The van der Waals surface area contributed by atoms with E-state index in [2.05, 4.69) is 4.72 Å². The van der Waals surface area contributed by atoms with Crippen molar-refractivity contribution >= 4 is 45.2 Å². The van der Waals surface area contributed by atoms with Gasteiger partial charge in [-0.05, 0) is 45.4 Å². The molecule has 0 bridgehead atoms. The van der Waals surface area contributed by atoms with Gasteiger partial charge >= 0.3 is 6.09 Å². The van der Waals surface area contributed by atoms with Gasteiger partial charge in [-0.3, -0.25) is 9.52 Å². The zero-order valence-corrected chi connectivity index (χ0v) is 19.6. The number of ether oxygens (including phenoxy) is 2. The van der Waals surface area contributed by atoms with Gasteiger partial charge in [-0.2, -0.15) is 0 Å². The zero-order valence-electron chi connectivity index (χ0n) is 17.3. The molecule has 1 aromatic carbocycles. The van der Waals surface area contributed by atoms with Crippen LogP contribution >= 0.6 is 23.2 Å². The van der Waals surface area contributed by atoms with Gasteiger partial charge in [-0.25, -0.2) is 13.2 Å². The maximum absolute atomic E-state index is 12.9. The van der Waals surface area contributed by atoms with Crippen LogP contribution in [0.3, 0.4) is 0 Å². The molecule has 2 atom stereocenters. The van der Waals surface area contributed by atoms with Gasteiger partial charge in [0.2, 0.25) is 15.9 Å². The lowest BCUT2D eigenvalue weighted by Crippen LogP contribution is -2.45. The molecule has 8 nitrogen and oxygen atoms in total. The first-order chi connectivity index (χ1) is 13.8. The molecule has 0 saturated carbocycles. The molecule has 0 spiro atoms. The lowest BCUT2D eigenvalue weighted by molar-refractivity contribution is -0.128. The molecule has 0 aromatic heterocycles. The fraction of sp³-hybridized carbons (Fsp3) is 0.579. The van der Waals surface area contributed by atoms with Gasteiger partial charge < -0.3 is 14.4 Å². The maximum Gasteiger partial charge on any atom is 0.410 e. The van der Waals surface area contributed by atoms with Crippen LogP contribution in [0.25, 0.3) is 0 Å². The van der Waals surface area contributed by atoms with E-state index in [0.29, 0.717) is 10.6 Å². The van der Waals surface area contributed by atoms with Gasteiger partial charge in [0.1, 0.15) is 5.60 Å². The molecule has 11 heteroatoms. The average Bonchev–Trinajstić information content (AvgIpc) is 2.85. The van der Waals surface area contributed by atoms with E-state index in [1.165, 1.54) is 11.8 Å². The van der Waals surface area contributed by atoms with E-state index in [4.69, 9.17) is 32.7 Å². The van der Waals surface area contributed by atoms with Crippen LogP contribution < -0.4 is 4.72 Å². The number of nitrogens with zero attached hydrogens (tertiary/aromatic N) is 1. The van der Waals surface area contributed by atoms with Crippen molar-refractivity contribution in [3.63, 3.8) is 0 Å². The summed E-state index contributed by atoms with van der Waals surface area (Å²) in [7, 11) is -3.80. The van der Waals surface area contributed by atoms with Crippen LogP contribution in [0.5, 0.6) is 0 Å². The number of nitrogens with one attached hydrogen (secondary N) is 1. The average molecular weight is 481 g/mol. The minimum absolute atomic E-state index is 0.0924. The van der Waals surface area contributed by atoms with Gasteiger partial charge in [-0.15, -0.1) is 0 Å². The largest absolute Gasteiger partial charge is 0.444 e. The summed E-state index contributed by atoms with van der Waals surface area (Å²) >= 11 is 12.1. The SMILES string of the molecule is CCS(=O)(=O)NC(=O)[C@@H]1CN(C(=O)OC(C)(C)C)CCO[C@H]1c1ccc(Cl)c(Cl)c1. The number of sulfonamides is 1. The van der Waals surface area contributed by atoms with Crippen molar-refractivity contribution in [3.05, 3.63) is 33.8 Å². The Labute approximate surface area is 186 Å². The molecule has 0 radical (unpaired) electrons. The summed E-state index contributed by atoms with van der Waals surface area (Å²) in [6, 6.07) is 4.78. The van der Waals surface area contributed by atoms with Crippen molar-refractivity contribution in [3.8, 4) is 0 Å². The quantitative estimate of drug-likeness (QED) is 0.708. The first-order valence-corrected chi connectivity index (χ1v) is 11.8. The monoisotopic (exact) mass is 480 g/mol. The summed E-state index contributed by atoms with van der Waals surface area (Å²) in [5.74, 6) is -2.05. The summed E-state index contributed by atoms with van der Waals surface area (Å²) in [5, 5.41) is 0.602. The summed E-state index contributed by atoms with van der Waals surface area (Å²) < 4.78 is 37.3. The van der Waals surface area contributed by atoms with Gasteiger partial charge in [0.05, 0.1) is 34.4 Å². The number of benzene rings is 1. The third-order valence-corrected chi connectivity index (χ3v) is 6.35. The summed E-state index contributed by atoms with van der Waals surface area (Å²) in [6.07, 6.45) is -1.45. The topological polar surface area (TPSA) is 102 Å². The van der Waals surface area contributed by atoms with E-state index in [1.54, 1.807) is 39.0 Å². The second-order valence-corrected chi connectivity index (χ2v) is 10.7. The Hall–Kier alpha value is -1.55. The van der Waals surface area contributed by atoms with Crippen molar-refractivity contribution in [1.82, 2.24) is 9.62 Å². The van der Waals surface area contributed by atoms with Crippen molar-refractivity contribution in [2.45, 2.75) is 39.4 Å². The molecule has 1 fully saturated rings. The van der Waals surface area contributed by atoms with Crippen LogP contribution in [0.4, 0.5) is 4.79 Å². The molecule has 2 rings (SSSR count). The molecule has 1 heterocycles. The highest BCUT2D eigenvalue weighted by Gasteiger charge is 2.38. The van der Waals surface area contributed by atoms with Gasteiger partial charge in [-0.1, -0.05) is 29.3 Å². The molecule has 1 aliphatic rings. The molecule has 1 N–H and O–H groups in total. The van der Waals surface area contributed by atoms with Gasteiger partial charge in [0.25, 0.3) is 0 Å². The van der Waals surface area contributed by atoms with Crippen LogP contribution in [-0.4, -0.2) is 56.4 Å². The summed E-state index contributed by atoms with van der Waals surface area (Å²) in [6.45, 7) is 6.82. The molecule has 30 heavy (non-hydrogen) atoms. The molecule has 0 unspecified atom stereocenters. The Morgan fingerprint density at radius 1 is 1.27 bits per heavy atom. The Morgan fingerprint density at radius 3 is 2.50 bits per heavy atom. The smallest absolute Gasteiger partial charge is 0.410 e. The number of amides is 2. The molecule has 1 aromatic rings. The standard InChI is InChI=1S/C19H26Cl2N2O6S/c1-5-30(26,27)22-17(24)13-11-23(18(25)29-19(2,3)4)8-9-28-16(13)12-6-7-14(20)15(21)10-12/h6-7,10,13,16H,5,8-9,11H2,1-4H3,(H,22,24)/t13-,16+/m1/s1. The Kier molecular flexibility index (Phi) is 8.01. The number of rotatable bonds is 4. The fourth-order valence-corrected chi connectivity index (χ4v) is 3.77. The summed E-state index contributed by atoms with van der Waals surface area (Å²) in [5.41, 5.74) is -0.180. The number of hydrogen-bond acceptors (Lipinski definition) is 6. The van der Waals surface area contributed by atoms with Crippen molar-refractivity contribution in [2.24, 2.45) is 5.92 Å². The second kappa shape index (κ2) is 9.72. The molecule has 1 aliphatic heterocycles. The number of carbonyl (C=O) groups is 2. The maximum atomic E-state index is 12.9. The van der Waals surface area contributed by atoms with E-state index < -0.39 is 39.6 Å². The highest BCUT2D eigenvalue weighted by Crippen LogP contribution is 2.34. The number of carbonyl (C=O) groups excluding carboxylic acids is 2. The Bertz CT molecular complexity index is 901. The van der Waals surface area contributed by atoms with Crippen molar-refractivity contribution in [2.75, 3.05) is 25.4 Å². The predicted molar refractivity (Wildman–Crippen MR) is 114 cm³/mol. The molecule has 2 amide bonds. The van der Waals surface area contributed by atoms with Crippen LogP contribution in [0.15, 0.2) is 18.2 Å². The normalized spacial score (nSPS) is 20.4.